The number of aryl methyl sites for hydroxylation is 2. The summed E-state index contributed by atoms with van der Waals surface area (Å²) < 4.78 is 1.69. The van der Waals surface area contributed by atoms with Gasteiger partial charge in [-0.25, -0.2) is 9.97 Å². The van der Waals surface area contributed by atoms with Gasteiger partial charge in [0.15, 0.2) is 11.0 Å². The van der Waals surface area contributed by atoms with Crippen LogP contribution in [0.2, 0.25) is 5.02 Å². The number of thioether (sulfide) groups is 1. The van der Waals surface area contributed by atoms with E-state index in [1.165, 1.54) is 11.8 Å². The molecule has 0 N–H and O–H groups in total. The lowest BCUT2D eigenvalue weighted by molar-refractivity contribution is 0.777. The van der Waals surface area contributed by atoms with Gasteiger partial charge in [-0.1, -0.05) is 23.4 Å². The van der Waals surface area contributed by atoms with Crippen LogP contribution in [-0.2, 0) is 5.75 Å². The predicted octanol–water partition coefficient (Wildman–Crippen LogP) is 3.01. The first-order valence-electron chi connectivity index (χ1n) is 6.60. The molecule has 112 valence electrons. The Kier molecular flexibility index (Phi) is 4.35. The van der Waals surface area contributed by atoms with Crippen molar-refractivity contribution >= 4 is 23.4 Å². The lowest BCUT2D eigenvalue weighted by atomic mass is 10.3. The van der Waals surface area contributed by atoms with Gasteiger partial charge in [-0.3, -0.25) is 0 Å². The molecule has 8 heteroatoms. The van der Waals surface area contributed by atoms with E-state index in [9.17, 15) is 0 Å². The van der Waals surface area contributed by atoms with E-state index in [4.69, 9.17) is 11.6 Å². The van der Waals surface area contributed by atoms with Gasteiger partial charge in [0.1, 0.15) is 0 Å². The van der Waals surface area contributed by atoms with Gasteiger partial charge in [-0.15, -0.1) is 5.10 Å². The van der Waals surface area contributed by atoms with E-state index in [-0.39, 0.29) is 0 Å². The number of halogens is 1. The summed E-state index contributed by atoms with van der Waals surface area (Å²) >= 11 is 7.41. The van der Waals surface area contributed by atoms with Crippen LogP contribution in [-0.4, -0.2) is 30.2 Å². The molecule has 3 rings (SSSR count). The highest BCUT2D eigenvalue weighted by Crippen LogP contribution is 2.20. The number of rotatable bonds is 4. The Morgan fingerprint density at radius 1 is 1.09 bits per heavy atom. The molecular formula is C14H13ClN6S. The second kappa shape index (κ2) is 6.41. The Bertz CT molecular complexity index is 766. The molecule has 0 bridgehead atoms. The smallest absolute Gasteiger partial charge is 0.188 e. The van der Waals surface area contributed by atoms with Crippen LogP contribution < -0.4 is 0 Å². The van der Waals surface area contributed by atoms with Crippen molar-refractivity contribution < 1.29 is 0 Å². The van der Waals surface area contributed by atoms with Crippen LogP contribution in [0.5, 0.6) is 0 Å². The molecular weight excluding hydrogens is 320 g/mol. The van der Waals surface area contributed by atoms with Gasteiger partial charge in [0.25, 0.3) is 0 Å². The lowest BCUT2D eigenvalue weighted by Gasteiger charge is -2.05. The fourth-order valence-electron chi connectivity index (χ4n) is 1.97. The maximum atomic E-state index is 5.90. The van der Waals surface area contributed by atoms with Gasteiger partial charge in [-0.2, -0.15) is 4.68 Å². The zero-order valence-electron chi connectivity index (χ0n) is 12.1. The molecule has 0 spiro atoms. The normalized spacial score (nSPS) is 10.9. The van der Waals surface area contributed by atoms with Gasteiger partial charge < -0.3 is 0 Å². The fraction of sp³-hybridized carbons (Fsp3) is 0.214. The van der Waals surface area contributed by atoms with Crippen LogP contribution in [0.4, 0.5) is 0 Å². The first kappa shape index (κ1) is 14.9. The minimum atomic E-state index is 0.582. The fourth-order valence-corrected chi connectivity index (χ4v) is 2.95. The monoisotopic (exact) mass is 332 g/mol. The molecule has 0 aliphatic heterocycles. The van der Waals surface area contributed by atoms with Crippen LogP contribution in [0, 0.1) is 13.8 Å². The van der Waals surface area contributed by atoms with Crippen LogP contribution in [0.15, 0.2) is 35.5 Å². The van der Waals surface area contributed by atoms with Crippen LogP contribution in [0.3, 0.4) is 0 Å². The molecule has 0 radical (unpaired) electrons. The molecule has 1 aromatic carbocycles. The van der Waals surface area contributed by atoms with E-state index in [1.54, 1.807) is 4.68 Å². The summed E-state index contributed by atoms with van der Waals surface area (Å²) in [6.45, 7) is 3.91. The van der Waals surface area contributed by atoms with Crippen molar-refractivity contribution in [1.82, 2.24) is 30.2 Å². The molecule has 2 heterocycles. The topological polar surface area (TPSA) is 69.4 Å². The van der Waals surface area contributed by atoms with Crippen molar-refractivity contribution in [3.8, 4) is 5.69 Å². The summed E-state index contributed by atoms with van der Waals surface area (Å²) in [5.41, 5.74) is 2.77. The number of nitrogens with zero attached hydrogens (tertiary/aromatic N) is 6. The first-order chi connectivity index (χ1) is 10.6. The molecule has 0 amide bonds. The zero-order chi connectivity index (χ0) is 15.5. The number of hydrogen-bond donors (Lipinski definition) is 0. The standard InChI is InChI=1S/C14H13ClN6S/c1-9-7-10(2)17-14(16-9)22-8-13-18-19-20-21(13)12-5-3-11(15)4-6-12/h3-7H,8H2,1-2H3. The van der Waals surface area contributed by atoms with E-state index in [1.807, 2.05) is 44.2 Å². The van der Waals surface area contributed by atoms with Gasteiger partial charge in [-0.05, 0) is 54.6 Å². The largest absolute Gasteiger partial charge is 0.228 e. The summed E-state index contributed by atoms with van der Waals surface area (Å²) in [7, 11) is 0. The summed E-state index contributed by atoms with van der Waals surface area (Å²) in [5, 5.41) is 13.2. The first-order valence-corrected chi connectivity index (χ1v) is 7.96. The predicted molar refractivity (Wildman–Crippen MR) is 85.2 cm³/mol. The molecule has 0 atom stereocenters. The van der Waals surface area contributed by atoms with Crippen LogP contribution in [0.1, 0.15) is 17.2 Å². The molecule has 0 saturated heterocycles. The Balaban J connectivity index is 1.79. The van der Waals surface area contributed by atoms with Crippen molar-refractivity contribution in [2.75, 3.05) is 0 Å². The van der Waals surface area contributed by atoms with Gasteiger partial charge >= 0.3 is 0 Å². The molecule has 0 fully saturated rings. The molecule has 0 aliphatic carbocycles. The van der Waals surface area contributed by atoms with Crippen molar-refractivity contribution in [2.24, 2.45) is 0 Å². The van der Waals surface area contributed by atoms with Crippen molar-refractivity contribution in [1.29, 1.82) is 0 Å². The molecule has 2 aromatic heterocycles. The summed E-state index contributed by atoms with van der Waals surface area (Å²) in [6, 6.07) is 9.31. The Morgan fingerprint density at radius 2 is 1.77 bits per heavy atom. The SMILES string of the molecule is Cc1cc(C)nc(SCc2nnnn2-c2ccc(Cl)cc2)n1. The third-order valence-electron chi connectivity index (χ3n) is 2.90. The van der Waals surface area contributed by atoms with Gasteiger partial charge in [0, 0.05) is 16.4 Å². The van der Waals surface area contributed by atoms with E-state index in [0.717, 1.165) is 28.1 Å². The number of hydrogen-bond acceptors (Lipinski definition) is 6. The summed E-state index contributed by atoms with van der Waals surface area (Å²) in [6.07, 6.45) is 0. The molecule has 22 heavy (non-hydrogen) atoms. The minimum Gasteiger partial charge on any atom is -0.228 e. The average molecular weight is 333 g/mol. The lowest BCUT2D eigenvalue weighted by Crippen LogP contribution is -2.02. The third-order valence-corrected chi connectivity index (χ3v) is 3.99. The number of aromatic nitrogens is 6. The molecule has 3 aromatic rings. The zero-order valence-corrected chi connectivity index (χ0v) is 13.6. The molecule has 6 nitrogen and oxygen atoms in total. The second-order valence-electron chi connectivity index (χ2n) is 4.71. The van der Waals surface area contributed by atoms with E-state index < -0.39 is 0 Å². The highest BCUT2D eigenvalue weighted by molar-refractivity contribution is 7.98. The Morgan fingerprint density at radius 3 is 2.45 bits per heavy atom. The average Bonchev–Trinajstić information content (AvgIpc) is 2.93. The van der Waals surface area contributed by atoms with Gasteiger partial charge in [0.05, 0.1) is 11.4 Å². The van der Waals surface area contributed by atoms with Crippen molar-refractivity contribution in [2.45, 2.75) is 24.8 Å². The van der Waals surface area contributed by atoms with Gasteiger partial charge in [0.2, 0.25) is 0 Å². The van der Waals surface area contributed by atoms with E-state index >= 15 is 0 Å². The third kappa shape index (κ3) is 3.42. The quantitative estimate of drug-likeness (QED) is 0.540. The number of benzene rings is 1. The van der Waals surface area contributed by atoms with E-state index in [0.29, 0.717) is 10.8 Å². The maximum absolute atomic E-state index is 5.90. The van der Waals surface area contributed by atoms with E-state index in [2.05, 4.69) is 25.5 Å². The highest BCUT2D eigenvalue weighted by Gasteiger charge is 2.10. The molecule has 0 aliphatic rings. The maximum Gasteiger partial charge on any atom is 0.188 e. The Labute approximate surface area is 136 Å². The van der Waals surface area contributed by atoms with Crippen molar-refractivity contribution in [3.05, 3.63) is 52.6 Å². The Hall–Kier alpha value is -1.99. The van der Waals surface area contributed by atoms with Crippen molar-refractivity contribution in [3.63, 3.8) is 0 Å². The summed E-state index contributed by atoms with van der Waals surface area (Å²) in [5.74, 6) is 1.31. The minimum absolute atomic E-state index is 0.582. The van der Waals surface area contributed by atoms with Crippen LogP contribution in [0.25, 0.3) is 5.69 Å². The number of tetrazole rings is 1. The molecule has 0 saturated carbocycles. The molecule has 0 unspecified atom stereocenters. The van der Waals surface area contributed by atoms with Crippen LogP contribution >= 0.6 is 23.4 Å². The highest BCUT2D eigenvalue weighted by atomic mass is 35.5. The summed E-state index contributed by atoms with van der Waals surface area (Å²) in [4.78, 5) is 8.81. The second-order valence-corrected chi connectivity index (χ2v) is 6.08.